The van der Waals surface area contributed by atoms with Crippen LogP contribution in [0.4, 0.5) is 15.8 Å². The highest BCUT2D eigenvalue weighted by molar-refractivity contribution is 6.35. The first-order chi connectivity index (χ1) is 8.99. The molecule has 0 fully saturated rings. The number of amides is 1. The van der Waals surface area contributed by atoms with Crippen LogP contribution in [0.3, 0.4) is 0 Å². The zero-order valence-corrected chi connectivity index (χ0v) is 11.1. The van der Waals surface area contributed by atoms with Crippen LogP contribution in [0.5, 0.6) is 0 Å². The normalized spacial score (nSPS) is 10.3. The molecule has 2 aromatic rings. The van der Waals surface area contributed by atoms with Crippen LogP contribution in [0.15, 0.2) is 36.4 Å². The number of carbonyl (C=O) groups excluding carboxylic acids is 1. The molecule has 0 unspecified atom stereocenters. The van der Waals surface area contributed by atoms with Crippen molar-refractivity contribution >= 4 is 40.5 Å². The standard InChI is InChI=1S/C13H9Cl2FN2O/c14-7-4-5-10(16)8(6-7)13(19)18-12-9(15)2-1-3-11(12)17/h1-6H,17H2,(H,18,19). The molecule has 0 atom stereocenters. The molecule has 6 heteroatoms. The van der Waals surface area contributed by atoms with Gasteiger partial charge >= 0.3 is 0 Å². The molecule has 0 aromatic heterocycles. The summed E-state index contributed by atoms with van der Waals surface area (Å²) in [4.78, 5) is 12.0. The maximum Gasteiger partial charge on any atom is 0.258 e. The average Bonchev–Trinajstić information content (AvgIpc) is 2.37. The van der Waals surface area contributed by atoms with Crippen molar-refractivity contribution in [2.45, 2.75) is 0 Å². The molecule has 0 saturated heterocycles. The monoisotopic (exact) mass is 298 g/mol. The SMILES string of the molecule is Nc1cccc(Cl)c1NC(=O)c1cc(Cl)ccc1F. The molecule has 0 aliphatic heterocycles. The Morgan fingerprint density at radius 3 is 2.63 bits per heavy atom. The number of anilines is 2. The fraction of sp³-hybridized carbons (Fsp3) is 0. The molecule has 1 amide bonds. The Morgan fingerprint density at radius 2 is 1.95 bits per heavy atom. The Labute approximate surface area is 119 Å². The van der Waals surface area contributed by atoms with E-state index < -0.39 is 11.7 Å². The van der Waals surface area contributed by atoms with Crippen LogP contribution in [0.25, 0.3) is 0 Å². The Balaban J connectivity index is 2.34. The van der Waals surface area contributed by atoms with Gasteiger partial charge in [-0.2, -0.15) is 0 Å². The number of carbonyl (C=O) groups is 1. The zero-order chi connectivity index (χ0) is 14.0. The van der Waals surface area contributed by atoms with E-state index in [9.17, 15) is 9.18 Å². The molecule has 98 valence electrons. The number of hydrogen-bond donors (Lipinski definition) is 2. The lowest BCUT2D eigenvalue weighted by Crippen LogP contribution is -2.15. The fourth-order valence-electron chi connectivity index (χ4n) is 1.53. The van der Waals surface area contributed by atoms with Gasteiger partial charge in [-0.25, -0.2) is 4.39 Å². The van der Waals surface area contributed by atoms with Crippen molar-refractivity contribution in [3.8, 4) is 0 Å². The van der Waals surface area contributed by atoms with Gasteiger partial charge in [0.2, 0.25) is 0 Å². The lowest BCUT2D eigenvalue weighted by atomic mass is 10.2. The Morgan fingerprint density at radius 1 is 1.21 bits per heavy atom. The average molecular weight is 299 g/mol. The summed E-state index contributed by atoms with van der Waals surface area (Å²) in [7, 11) is 0. The third-order valence-electron chi connectivity index (χ3n) is 2.46. The van der Waals surface area contributed by atoms with E-state index in [2.05, 4.69) is 5.32 Å². The van der Waals surface area contributed by atoms with Gasteiger partial charge in [-0.1, -0.05) is 29.3 Å². The van der Waals surface area contributed by atoms with Crippen LogP contribution in [0, 0.1) is 5.82 Å². The number of halogens is 3. The van der Waals surface area contributed by atoms with Crippen LogP contribution in [0.2, 0.25) is 10.0 Å². The Kier molecular flexibility index (Phi) is 3.93. The molecule has 0 spiro atoms. The second kappa shape index (κ2) is 5.47. The van der Waals surface area contributed by atoms with Crippen molar-refractivity contribution in [2.24, 2.45) is 0 Å². The minimum absolute atomic E-state index is 0.174. The highest BCUT2D eigenvalue weighted by atomic mass is 35.5. The van der Waals surface area contributed by atoms with Gasteiger partial charge in [-0.15, -0.1) is 0 Å². The molecule has 3 nitrogen and oxygen atoms in total. The lowest BCUT2D eigenvalue weighted by Gasteiger charge is -2.10. The van der Waals surface area contributed by atoms with Gasteiger partial charge in [0, 0.05) is 5.02 Å². The van der Waals surface area contributed by atoms with Gasteiger partial charge in [0.25, 0.3) is 5.91 Å². The second-order valence-electron chi connectivity index (χ2n) is 3.78. The molecular formula is C13H9Cl2FN2O. The first-order valence-electron chi connectivity index (χ1n) is 5.29. The Bertz CT molecular complexity index is 626. The van der Waals surface area contributed by atoms with Crippen LogP contribution in [-0.4, -0.2) is 5.91 Å². The third-order valence-corrected chi connectivity index (χ3v) is 3.01. The summed E-state index contributed by atoms with van der Waals surface area (Å²) in [5.74, 6) is -1.34. The molecule has 19 heavy (non-hydrogen) atoms. The highest BCUT2D eigenvalue weighted by Crippen LogP contribution is 2.28. The minimum Gasteiger partial charge on any atom is -0.397 e. The quantitative estimate of drug-likeness (QED) is 0.824. The van der Waals surface area contributed by atoms with E-state index in [1.807, 2.05) is 0 Å². The minimum atomic E-state index is -0.674. The number of nitrogens with two attached hydrogens (primary N) is 1. The maximum atomic E-state index is 13.5. The number of benzene rings is 2. The predicted octanol–water partition coefficient (Wildman–Crippen LogP) is 3.97. The molecule has 0 aliphatic rings. The molecule has 0 aliphatic carbocycles. The molecule has 3 N–H and O–H groups in total. The summed E-state index contributed by atoms with van der Waals surface area (Å²) in [5, 5.41) is 3.00. The first kappa shape index (κ1) is 13.6. The van der Waals surface area contributed by atoms with Crippen LogP contribution >= 0.6 is 23.2 Å². The van der Waals surface area contributed by atoms with E-state index in [0.717, 1.165) is 6.07 Å². The lowest BCUT2D eigenvalue weighted by molar-refractivity contribution is 0.102. The van der Waals surface area contributed by atoms with E-state index in [-0.39, 0.29) is 21.3 Å². The summed E-state index contributed by atoms with van der Waals surface area (Å²) >= 11 is 11.6. The van der Waals surface area contributed by atoms with E-state index in [1.54, 1.807) is 18.2 Å². The second-order valence-corrected chi connectivity index (χ2v) is 4.63. The molecule has 2 aromatic carbocycles. The van der Waals surface area contributed by atoms with Gasteiger partial charge in [-0.05, 0) is 30.3 Å². The van der Waals surface area contributed by atoms with E-state index >= 15 is 0 Å². The van der Waals surface area contributed by atoms with Crippen LogP contribution in [0.1, 0.15) is 10.4 Å². The van der Waals surface area contributed by atoms with Gasteiger partial charge in [0.1, 0.15) is 5.82 Å². The highest BCUT2D eigenvalue weighted by Gasteiger charge is 2.15. The smallest absolute Gasteiger partial charge is 0.258 e. The molecular weight excluding hydrogens is 290 g/mol. The molecule has 0 heterocycles. The summed E-state index contributed by atoms with van der Waals surface area (Å²) < 4.78 is 13.5. The van der Waals surface area contributed by atoms with Gasteiger partial charge < -0.3 is 11.1 Å². The fourth-order valence-corrected chi connectivity index (χ4v) is 1.93. The van der Waals surface area contributed by atoms with Crippen LogP contribution < -0.4 is 11.1 Å². The number of nitrogen functional groups attached to an aromatic ring is 1. The summed E-state index contributed by atoms with van der Waals surface area (Å²) in [6.07, 6.45) is 0. The number of nitrogens with one attached hydrogen (secondary N) is 1. The topological polar surface area (TPSA) is 55.1 Å². The Hall–Kier alpha value is -1.78. The first-order valence-corrected chi connectivity index (χ1v) is 6.05. The van der Waals surface area contributed by atoms with Gasteiger partial charge in [0.15, 0.2) is 0 Å². The molecule has 0 saturated carbocycles. The van der Waals surface area contributed by atoms with Crippen molar-refractivity contribution in [1.82, 2.24) is 0 Å². The van der Waals surface area contributed by atoms with Crippen molar-refractivity contribution in [2.75, 3.05) is 11.1 Å². The summed E-state index contributed by atoms with van der Waals surface area (Å²) in [6.45, 7) is 0. The molecule has 0 bridgehead atoms. The van der Waals surface area contributed by atoms with Crippen molar-refractivity contribution in [3.63, 3.8) is 0 Å². The largest absolute Gasteiger partial charge is 0.397 e. The van der Waals surface area contributed by atoms with E-state index in [1.165, 1.54) is 12.1 Å². The van der Waals surface area contributed by atoms with Gasteiger partial charge in [0.05, 0.1) is 22.0 Å². The van der Waals surface area contributed by atoms with E-state index in [0.29, 0.717) is 5.69 Å². The third kappa shape index (κ3) is 2.97. The van der Waals surface area contributed by atoms with E-state index in [4.69, 9.17) is 28.9 Å². The predicted molar refractivity (Wildman–Crippen MR) is 75.2 cm³/mol. The van der Waals surface area contributed by atoms with Crippen LogP contribution in [-0.2, 0) is 0 Å². The zero-order valence-electron chi connectivity index (χ0n) is 9.58. The molecule has 0 radical (unpaired) electrons. The maximum absolute atomic E-state index is 13.5. The van der Waals surface area contributed by atoms with Gasteiger partial charge in [-0.3, -0.25) is 4.79 Å². The van der Waals surface area contributed by atoms with Crippen molar-refractivity contribution < 1.29 is 9.18 Å². The number of para-hydroxylation sites is 1. The summed E-state index contributed by atoms with van der Waals surface area (Å²) in [6, 6.07) is 8.51. The molecule has 2 rings (SSSR count). The summed E-state index contributed by atoms with van der Waals surface area (Å²) in [5.41, 5.74) is 6.06. The number of hydrogen-bond acceptors (Lipinski definition) is 2. The van der Waals surface area contributed by atoms with Crippen molar-refractivity contribution in [1.29, 1.82) is 0 Å². The number of rotatable bonds is 2. The van der Waals surface area contributed by atoms with Crippen molar-refractivity contribution in [3.05, 3.63) is 57.8 Å².